The molecule has 0 aliphatic heterocycles. The quantitative estimate of drug-likeness (QED) is 0.570. The highest BCUT2D eigenvalue weighted by Gasteiger charge is 2.27. The van der Waals surface area contributed by atoms with Gasteiger partial charge in [-0.1, -0.05) is 6.07 Å². The van der Waals surface area contributed by atoms with Gasteiger partial charge in [0.05, 0.1) is 18.1 Å². The molecule has 2 amide bonds. The van der Waals surface area contributed by atoms with E-state index in [4.69, 9.17) is 5.73 Å². The van der Waals surface area contributed by atoms with E-state index in [2.05, 4.69) is 20.4 Å². The third-order valence-electron chi connectivity index (χ3n) is 3.79. The van der Waals surface area contributed by atoms with Crippen molar-refractivity contribution in [1.29, 1.82) is 0 Å². The number of nitrogens with zero attached hydrogens (tertiary/aromatic N) is 4. The van der Waals surface area contributed by atoms with Gasteiger partial charge < -0.3 is 11.1 Å². The van der Waals surface area contributed by atoms with Crippen LogP contribution in [0.5, 0.6) is 0 Å². The predicted octanol–water partition coefficient (Wildman–Crippen LogP) is 0.0578. The van der Waals surface area contributed by atoms with Crippen LogP contribution in [0.15, 0.2) is 61.3 Å². The largest absolute Gasteiger partial charge is 0.363 e. The van der Waals surface area contributed by atoms with E-state index in [0.29, 0.717) is 11.3 Å². The topological polar surface area (TPSA) is 133 Å². The van der Waals surface area contributed by atoms with Gasteiger partial charge in [-0.3, -0.25) is 24.4 Å². The zero-order valence-electron chi connectivity index (χ0n) is 14.1. The van der Waals surface area contributed by atoms with Crippen LogP contribution in [0.4, 0.5) is 0 Å². The van der Waals surface area contributed by atoms with Gasteiger partial charge in [-0.2, -0.15) is 5.10 Å². The molecule has 0 saturated heterocycles. The van der Waals surface area contributed by atoms with Gasteiger partial charge in [0.25, 0.3) is 11.8 Å². The zero-order valence-corrected chi connectivity index (χ0v) is 14.1. The van der Waals surface area contributed by atoms with Crippen molar-refractivity contribution in [1.82, 2.24) is 25.1 Å². The number of pyridine rings is 2. The molecule has 0 spiro atoms. The number of hydrogen-bond donors (Lipinski definition) is 2. The Bertz CT molecular complexity index is 955. The molecule has 27 heavy (non-hydrogen) atoms. The second kappa shape index (κ2) is 8.00. The molecule has 0 aromatic carbocycles. The Balaban J connectivity index is 1.84. The van der Waals surface area contributed by atoms with Gasteiger partial charge in [-0.05, 0) is 29.8 Å². The van der Waals surface area contributed by atoms with Crippen molar-refractivity contribution < 1.29 is 14.4 Å². The predicted molar refractivity (Wildman–Crippen MR) is 94.8 cm³/mol. The molecule has 3 heterocycles. The lowest BCUT2D eigenvalue weighted by atomic mass is 10.0. The van der Waals surface area contributed by atoms with Crippen molar-refractivity contribution in [2.45, 2.75) is 12.5 Å². The van der Waals surface area contributed by atoms with E-state index in [-0.39, 0.29) is 12.1 Å². The summed E-state index contributed by atoms with van der Waals surface area (Å²) in [5.41, 5.74) is 6.58. The maximum atomic E-state index is 12.7. The van der Waals surface area contributed by atoms with Crippen LogP contribution < -0.4 is 11.1 Å². The number of amides is 2. The van der Waals surface area contributed by atoms with Gasteiger partial charge in [-0.15, -0.1) is 0 Å². The summed E-state index contributed by atoms with van der Waals surface area (Å²) in [5, 5.41) is 6.67. The molecular weight excluding hydrogens is 348 g/mol. The summed E-state index contributed by atoms with van der Waals surface area (Å²) in [7, 11) is 0. The lowest BCUT2D eigenvalue weighted by Crippen LogP contribution is -2.47. The number of aromatic nitrogens is 4. The van der Waals surface area contributed by atoms with E-state index in [0.717, 1.165) is 0 Å². The number of primary amides is 1. The Kier molecular flexibility index (Phi) is 5.31. The maximum Gasteiger partial charge on any atom is 0.287 e. The first-order valence-corrected chi connectivity index (χ1v) is 8.04. The fraction of sp³-hybridized carbons (Fsp3) is 0.111. The standard InChI is InChI=1S/C18H16N6O3/c19-17(26)16(25)14(9-12-3-1-6-20-10-12)23-18(27)15-5-8-22-24(15)13-4-2-7-21-11-13/h1-8,10-11,14H,9H2,(H2,19,26)(H,23,27). The Morgan fingerprint density at radius 1 is 1.04 bits per heavy atom. The van der Waals surface area contributed by atoms with E-state index < -0.39 is 23.6 Å². The van der Waals surface area contributed by atoms with Gasteiger partial charge in [0.2, 0.25) is 5.78 Å². The Hall–Kier alpha value is -3.88. The Labute approximate surface area is 154 Å². The molecule has 3 aromatic heterocycles. The number of nitrogens with two attached hydrogens (primary N) is 1. The number of carbonyl (C=O) groups excluding carboxylic acids is 3. The molecule has 0 saturated carbocycles. The first-order valence-electron chi connectivity index (χ1n) is 8.04. The highest BCUT2D eigenvalue weighted by atomic mass is 16.2. The molecule has 3 aromatic rings. The van der Waals surface area contributed by atoms with Crippen LogP contribution in [0.3, 0.4) is 0 Å². The number of nitrogens with one attached hydrogen (secondary N) is 1. The average molecular weight is 364 g/mol. The molecule has 9 heteroatoms. The van der Waals surface area contributed by atoms with Crippen LogP contribution in [0.25, 0.3) is 5.69 Å². The van der Waals surface area contributed by atoms with Crippen LogP contribution in [-0.4, -0.2) is 43.4 Å². The number of Topliss-reactive ketones (excluding diaryl/α,β-unsaturated/α-hetero) is 1. The number of rotatable bonds is 7. The van der Waals surface area contributed by atoms with Crippen molar-refractivity contribution in [3.05, 3.63) is 72.6 Å². The summed E-state index contributed by atoms with van der Waals surface area (Å²) < 4.78 is 1.39. The number of carbonyl (C=O) groups is 3. The molecule has 3 rings (SSSR count). The molecular formula is C18H16N6O3. The third kappa shape index (κ3) is 4.21. The highest BCUT2D eigenvalue weighted by Crippen LogP contribution is 2.10. The molecule has 1 unspecified atom stereocenters. The SMILES string of the molecule is NC(=O)C(=O)C(Cc1cccnc1)NC(=O)c1ccnn1-c1cccnc1. The van der Waals surface area contributed by atoms with E-state index in [1.54, 1.807) is 49.1 Å². The molecule has 0 bridgehead atoms. The van der Waals surface area contributed by atoms with Gasteiger partial charge in [-0.25, -0.2) is 4.68 Å². The molecule has 0 aliphatic rings. The monoisotopic (exact) mass is 364 g/mol. The molecule has 0 aliphatic carbocycles. The normalized spacial score (nSPS) is 11.6. The van der Waals surface area contributed by atoms with Crippen molar-refractivity contribution in [2.24, 2.45) is 5.73 Å². The van der Waals surface area contributed by atoms with Crippen LogP contribution in [0, 0.1) is 0 Å². The first-order chi connectivity index (χ1) is 13.1. The molecule has 0 radical (unpaired) electrons. The van der Waals surface area contributed by atoms with Crippen molar-refractivity contribution in [3.8, 4) is 5.69 Å². The van der Waals surface area contributed by atoms with Crippen LogP contribution in [0.2, 0.25) is 0 Å². The minimum Gasteiger partial charge on any atom is -0.363 e. The van der Waals surface area contributed by atoms with Crippen molar-refractivity contribution in [2.75, 3.05) is 0 Å². The fourth-order valence-corrected chi connectivity index (χ4v) is 2.53. The van der Waals surface area contributed by atoms with E-state index in [1.165, 1.54) is 16.9 Å². The van der Waals surface area contributed by atoms with E-state index in [1.807, 2.05) is 0 Å². The maximum absolute atomic E-state index is 12.7. The Morgan fingerprint density at radius 3 is 2.41 bits per heavy atom. The lowest BCUT2D eigenvalue weighted by molar-refractivity contribution is -0.137. The van der Waals surface area contributed by atoms with Crippen LogP contribution in [-0.2, 0) is 16.0 Å². The summed E-state index contributed by atoms with van der Waals surface area (Å²) in [6.07, 6.45) is 7.82. The molecule has 1 atom stereocenters. The van der Waals surface area contributed by atoms with Gasteiger partial charge >= 0.3 is 0 Å². The number of ketones is 1. The fourth-order valence-electron chi connectivity index (χ4n) is 2.53. The van der Waals surface area contributed by atoms with Gasteiger partial charge in [0, 0.05) is 25.0 Å². The first kappa shape index (κ1) is 17.9. The second-order valence-corrected chi connectivity index (χ2v) is 5.66. The second-order valence-electron chi connectivity index (χ2n) is 5.66. The highest BCUT2D eigenvalue weighted by molar-refractivity contribution is 6.38. The average Bonchev–Trinajstić information content (AvgIpc) is 3.18. The summed E-state index contributed by atoms with van der Waals surface area (Å²) in [5.74, 6) is -2.58. The molecule has 0 fully saturated rings. The van der Waals surface area contributed by atoms with Gasteiger partial charge in [0.15, 0.2) is 0 Å². The van der Waals surface area contributed by atoms with Gasteiger partial charge in [0.1, 0.15) is 11.7 Å². The third-order valence-corrected chi connectivity index (χ3v) is 3.79. The van der Waals surface area contributed by atoms with Crippen molar-refractivity contribution >= 4 is 17.6 Å². The molecule has 9 nitrogen and oxygen atoms in total. The molecule has 3 N–H and O–H groups in total. The minimum absolute atomic E-state index is 0.0857. The summed E-state index contributed by atoms with van der Waals surface area (Å²) in [6.45, 7) is 0. The summed E-state index contributed by atoms with van der Waals surface area (Å²) in [6, 6.07) is 7.26. The van der Waals surface area contributed by atoms with Crippen LogP contribution >= 0.6 is 0 Å². The van der Waals surface area contributed by atoms with Crippen molar-refractivity contribution in [3.63, 3.8) is 0 Å². The molecule has 136 valence electrons. The smallest absolute Gasteiger partial charge is 0.287 e. The summed E-state index contributed by atoms with van der Waals surface area (Å²) in [4.78, 5) is 44.2. The van der Waals surface area contributed by atoms with E-state index >= 15 is 0 Å². The van der Waals surface area contributed by atoms with Crippen LogP contribution in [0.1, 0.15) is 16.1 Å². The summed E-state index contributed by atoms with van der Waals surface area (Å²) >= 11 is 0. The Morgan fingerprint density at radius 2 is 1.78 bits per heavy atom. The van der Waals surface area contributed by atoms with E-state index in [9.17, 15) is 14.4 Å². The zero-order chi connectivity index (χ0) is 19.2. The minimum atomic E-state index is -1.12. The number of hydrogen-bond acceptors (Lipinski definition) is 6. The lowest BCUT2D eigenvalue weighted by Gasteiger charge is -2.16.